The number of pyridine rings is 1. The van der Waals surface area contributed by atoms with Crippen LogP contribution in [-0.4, -0.2) is 49.5 Å². The van der Waals surface area contributed by atoms with E-state index in [2.05, 4.69) is 63.5 Å². The van der Waals surface area contributed by atoms with Gasteiger partial charge in [0, 0.05) is 34.8 Å². The number of aromatic amines is 1. The van der Waals surface area contributed by atoms with Gasteiger partial charge in [-0.15, -0.1) is 20.4 Å². The lowest BCUT2D eigenvalue weighted by atomic mass is 10.0. The third-order valence-corrected chi connectivity index (χ3v) is 5.99. The molecule has 1 aromatic carbocycles. The Kier molecular flexibility index (Phi) is 6.05. The van der Waals surface area contributed by atoms with E-state index in [0.717, 1.165) is 40.9 Å². The number of hydrogen-bond donors (Lipinski definition) is 1. The maximum absolute atomic E-state index is 13.5. The van der Waals surface area contributed by atoms with Crippen LogP contribution in [0.1, 0.15) is 45.4 Å². The van der Waals surface area contributed by atoms with E-state index in [1.807, 2.05) is 47.2 Å². The third kappa shape index (κ3) is 4.35. The quantitative estimate of drug-likeness (QED) is 0.376. The van der Waals surface area contributed by atoms with Crippen molar-refractivity contribution >= 4 is 0 Å². The Bertz CT molecular complexity index is 1520. The first-order valence-corrected chi connectivity index (χ1v) is 11.9. The van der Waals surface area contributed by atoms with E-state index in [1.54, 1.807) is 21.7 Å². The average Bonchev–Trinajstić information content (AvgIpc) is 3.62. The van der Waals surface area contributed by atoms with E-state index in [9.17, 15) is 4.79 Å². The molecule has 0 aliphatic carbocycles. The summed E-state index contributed by atoms with van der Waals surface area (Å²) in [5.41, 5.74) is 3.99. The van der Waals surface area contributed by atoms with E-state index in [-0.39, 0.29) is 11.2 Å². The molecule has 0 fully saturated rings. The molecule has 0 amide bonds. The second-order valence-electron chi connectivity index (χ2n) is 9.61. The summed E-state index contributed by atoms with van der Waals surface area (Å²) < 4.78 is 5.29. The molecule has 5 aromatic rings. The molecule has 0 atom stereocenters. The highest BCUT2D eigenvalue weighted by Gasteiger charge is 2.22. The number of tetrazole rings is 1. The van der Waals surface area contributed by atoms with Gasteiger partial charge in [-0.05, 0) is 44.0 Å². The van der Waals surface area contributed by atoms with Crippen molar-refractivity contribution in [1.82, 2.24) is 49.5 Å². The summed E-state index contributed by atoms with van der Waals surface area (Å²) in [5.74, 6) is 1.02. The number of aryl methyl sites for hydroxylation is 1. The molecule has 0 aliphatic rings. The number of aromatic nitrogens is 10. The molecule has 5 rings (SSSR count). The van der Waals surface area contributed by atoms with Gasteiger partial charge in [0.1, 0.15) is 6.33 Å². The Morgan fingerprint density at radius 2 is 1.83 bits per heavy atom. The second kappa shape index (κ2) is 9.33. The monoisotopic (exact) mass is 484 g/mol. The molecule has 1 N–H and O–H groups in total. The molecule has 4 heterocycles. The summed E-state index contributed by atoms with van der Waals surface area (Å²) in [5, 5.41) is 22.7. The van der Waals surface area contributed by atoms with E-state index >= 15 is 0 Å². The van der Waals surface area contributed by atoms with Gasteiger partial charge in [-0.25, -0.2) is 9.36 Å². The predicted molar refractivity (Wildman–Crippen MR) is 135 cm³/mol. The summed E-state index contributed by atoms with van der Waals surface area (Å²) in [7, 11) is 0. The van der Waals surface area contributed by atoms with Gasteiger partial charge >= 0.3 is 5.69 Å². The van der Waals surface area contributed by atoms with Gasteiger partial charge in [-0.3, -0.25) is 14.1 Å². The lowest BCUT2D eigenvalue weighted by Crippen LogP contribution is -2.30. The zero-order valence-electron chi connectivity index (χ0n) is 20.8. The van der Waals surface area contributed by atoms with Crippen molar-refractivity contribution in [3.8, 4) is 28.6 Å². The number of rotatable bonds is 7. The van der Waals surface area contributed by atoms with Crippen LogP contribution in [0.2, 0.25) is 0 Å². The molecule has 11 nitrogen and oxygen atoms in total. The molecule has 0 radical (unpaired) electrons. The van der Waals surface area contributed by atoms with Crippen LogP contribution in [0.4, 0.5) is 0 Å². The Balaban J connectivity index is 1.48. The number of imidazole rings is 1. The fourth-order valence-electron chi connectivity index (χ4n) is 4.20. The van der Waals surface area contributed by atoms with Crippen LogP contribution >= 0.6 is 0 Å². The van der Waals surface area contributed by atoms with Crippen LogP contribution in [0.3, 0.4) is 0 Å². The molecule has 0 saturated carbocycles. The lowest BCUT2D eigenvalue weighted by Gasteiger charge is -2.21. The fourth-order valence-corrected chi connectivity index (χ4v) is 4.20. The van der Waals surface area contributed by atoms with Crippen molar-refractivity contribution < 1.29 is 0 Å². The molecule has 0 spiro atoms. The summed E-state index contributed by atoms with van der Waals surface area (Å²) >= 11 is 0. The van der Waals surface area contributed by atoms with Gasteiger partial charge in [0.15, 0.2) is 0 Å². The summed E-state index contributed by atoms with van der Waals surface area (Å²) in [6.07, 6.45) is 7.03. The summed E-state index contributed by atoms with van der Waals surface area (Å²) in [6, 6.07) is 11.7. The van der Waals surface area contributed by atoms with Crippen LogP contribution in [0.5, 0.6) is 0 Å². The maximum Gasteiger partial charge on any atom is 0.335 e. The number of nitrogens with zero attached hydrogens (tertiary/aromatic N) is 9. The van der Waals surface area contributed by atoms with Gasteiger partial charge in [0.2, 0.25) is 11.8 Å². The van der Waals surface area contributed by atoms with Crippen molar-refractivity contribution in [2.75, 3.05) is 0 Å². The first-order chi connectivity index (χ1) is 17.4. The zero-order chi connectivity index (χ0) is 25.3. The molecule has 184 valence electrons. The highest BCUT2D eigenvalue weighted by Crippen LogP contribution is 2.28. The van der Waals surface area contributed by atoms with E-state index in [0.29, 0.717) is 18.3 Å². The smallest absolute Gasteiger partial charge is 0.294 e. The van der Waals surface area contributed by atoms with Crippen molar-refractivity contribution in [2.24, 2.45) is 0 Å². The molecular formula is C25H28N10O. The average molecular weight is 485 g/mol. The molecule has 11 heteroatoms. The topological polar surface area (TPSA) is 125 Å². The SMILES string of the molecule is CCCc1cn(-c2nncn2C(C)(C)C)c(=O)n1Cc1ccc(-c2ccccc2-c2nn[nH]n2)nc1. The molecule has 4 aromatic heterocycles. The third-order valence-electron chi connectivity index (χ3n) is 5.99. The van der Waals surface area contributed by atoms with Crippen LogP contribution in [-0.2, 0) is 18.5 Å². The first-order valence-electron chi connectivity index (χ1n) is 11.9. The van der Waals surface area contributed by atoms with Crippen LogP contribution in [0.25, 0.3) is 28.6 Å². The zero-order valence-corrected chi connectivity index (χ0v) is 20.8. The minimum atomic E-state index is -0.261. The Labute approximate surface area is 207 Å². The number of H-pyrrole nitrogens is 1. The molecule has 0 bridgehead atoms. The van der Waals surface area contributed by atoms with Gasteiger partial charge in [0.05, 0.1) is 12.2 Å². The van der Waals surface area contributed by atoms with Crippen LogP contribution < -0.4 is 5.69 Å². The Hall–Kier alpha value is -4.41. The van der Waals surface area contributed by atoms with E-state index < -0.39 is 0 Å². The Morgan fingerprint density at radius 3 is 2.50 bits per heavy atom. The molecule has 0 unspecified atom stereocenters. The van der Waals surface area contributed by atoms with Gasteiger partial charge in [-0.1, -0.05) is 43.7 Å². The largest absolute Gasteiger partial charge is 0.335 e. The summed E-state index contributed by atoms with van der Waals surface area (Å²) in [4.78, 5) is 18.2. The number of nitrogens with one attached hydrogen (secondary N) is 1. The Morgan fingerprint density at radius 1 is 1.03 bits per heavy atom. The minimum absolute atomic E-state index is 0.150. The highest BCUT2D eigenvalue weighted by atomic mass is 16.2. The van der Waals surface area contributed by atoms with Crippen molar-refractivity contribution in [3.05, 3.63) is 76.9 Å². The van der Waals surface area contributed by atoms with Crippen LogP contribution in [0, 0.1) is 0 Å². The van der Waals surface area contributed by atoms with Crippen LogP contribution in [0.15, 0.2) is 59.9 Å². The lowest BCUT2D eigenvalue weighted by molar-refractivity contribution is 0.389. The number of hydrogen-bond acceptors (Lipinski definition) is 7. The normalized spacial score (nSPS) is 11.8. The standard InChI is InChI=1S/C25H28N10O/c1-5-8-18-15-34(23-30-27-16-35(23)25(2,3)4)24(36)33(18)14-17-11-12-21(26-13-17)19-9-6-7-10-20(19)22-28-31-32-29-22/h6-7,9-13,15-16H,5,8,14H2,1-4H3,(H,28,29,31,32). The van der Waals surface area contributed by atoms with E-state index in [1.165, 1.54) is 0 Å². The van der Waals surface area contributed by atoms with Crippen molar-refractivity contribution in [3.63, 3.8) is 0 Å². The van der Waals surface area contributed by atoms with Gasteiger partial charge in [0.25, 0.3) is 0 Å². The van der Waals surface area contributed by atoms with Crippen molar-refractivity contribution in [1.29, 1.82) is 0 Å². The summed E-state index contributed by atoms with van der Waals surface area (Å²) in [6.45, 7) is 8.67. The van der Waals surface area contributed by atoms with Crippen molar-refractivity contribution in [2.45, 2.75) is 52.6 Å². The maximum atomic E-state index is 13.5. The van der Waals surface area contributed by atoms with Gasteiger partial charge < -0.3 is 0 Å². The second-order valence-corrected chi connectivity index (χ2v) is 9.61. The van der Waals surface area contributed by atoms with Gasteiger partial charge in [-0.2, -0.15) is 5.21 Å². The predicted octanol–water partition coefficient (Wildman–Crippen LogP) is 3.23. The van der Waals surface area contributed by atoms with E-state index in [4.69, 9.17) is 0 Å². The molecule has 36 heavy (non-hydrogen) atoms. The highest BCUT2D eigenvalue weighted by molar-refractivity contribution is 5.78. The first kappa shape index (κ1) is 23.3. The number of benzene rings is 1. The minimum Gasteiger partial charge on any atom is -0.294 e. The fraction of sp³-hybridized carbons (Fsp3) is 0.320. The molecular weight excluding hydrogens is 456 g/mol. The molecule has 0 aliphatic heterocycles. The molecule has 0 saturated heterocycles.